The van der Waals surface area contributed by atoms with E-state index in [0.717, 1.165) is 6.33 Å². The Hall–Kier alpha value is -5.79. The molecule has 0 radical (unpaired) electrons. The van der Waals surface area contributed by atoms with Gasteiger partial charge in [0.05, 0.1) is 21.2 Å². The van der Waals surface area contributed by atoms with Gasteiger partial charge >= 0.3 is 5.69 Å². The highest BCUT2D eigenvalue weighted by atomic mass is 16.6. The van der Waals surface area contributed by atoms with Gasteiger partial charge in [-0.05, 0) is 48.5 Å². The normalized spacial score (nSPS) is 10.6. The Morgan fingerprint density at radius 2 is 1.38 bits per heavy atom. The van der Waals surface area contributed by atoms with E-state index in [2.05, 4.69) is 36.4 Å². The van der Waals surface area contributed by atoms with Crippen molar-refractivity contribution in [1.82, 2.24) is 15.4 Å². The van der Waals surface area contributed by atoms with E-state index in [-0.39, 0.29) is 22.9 Å². The Balaban J connectivity index is 1.46. The molecule has 4 rings (SSSR count). The summed E-state index contributed by atoms with van der Waals surface area (Å²) in [5, 5.41) is 33.6. The Morgan fingerprint density at radius 1 is 0.757 bits per heavy atom. The predicted octanol–water partition coefficient (Wildman–Crippen LogP) is 5.21. The minimum absolute atomic E-state index is 0.0951. The number of carbonyl (C=O) groups is 1. The average molecular weight is 499 g/mol. The van der Waals surface area contributed by atoms with Crippen molar-refractivity contribution in [3.05, 3.63) is 111 Å². The Labute approximate surface area is 208 Å². The van der Waals surface area contributed by atoms with Crippen LogP contribution in [0.25, 0.3) is 0 Å². The van der Waals surface area contributed by atoms with Crippen LogP contribution in [0.15, 0.2) is 95.4 Å². The zero-order valence-corrected chi connectivity index (χ0v) is 18.8. The lowest BCUT2D eigenvalue weighted by molar-refractivity contribution is -0.384. The standard InChI is InChI=1S/C23H17N9O5/c33-23(15-6-12-19(13-7-15)31(34)35)30-29-22-20(32(36)37)21(24-14-25-22)26-16-8-10-18(11-9-16)28-27-17-4-2-1-3-5-17/h1-14H,(H,30,33)(H2,24,25,26,29). The van der Waals surface area contributed by atoms with Gasteiger partial charge in [0, 0.05) is 23.4 Å². The average Bonchev–Trinajstić information content (AvgIpc) is 2.92. The number of carbonyl (C=O) groups excluding carboxylic acids is 1. The minimum Gasteiger partial charge on any atom is -0.334 e. The van der Waals surface area contributed by atoms with Gasteiger partial charge in [-0.25, -0.2) is 9.97 Å². The van der Waals surface area contributed by atoms with Gasteiger partial charge in [-0.15, -0.1) is 0 Å². The van der Waals surface area contributed by atoms with Gasteiger partial charge in [0.1, 0.15) is 6.33 Å². The van der Waals surface area contributed by atoms with Crippen molar-refractivity contribution in [2.24, 2.45) is 10.2 Å². The van der Waals surface area contributed by atoms with E-state index in [4.69, 9.17) is 0 Å². The smallest absolute Gasteiger partial charge is 0.334 e. The van der Waals surface area contributed by atoms with E-state index in [9.17, 15) is 25.0 Å². The number of hydrazine groups is 1. The topological polar surface area (TPSA) is 190 Å². The first-order valence-electron chi connectivity index (χ1n) is 10.5. The molecule has 14 heteroatoms. The highest BCUT2D eigenvalue weighted by molar-refractivity contribution is 5.95. The number of anilines is 3. The summed E-state index contributed by atoms with van der Waals surface area (Å²) in [7, 11) is 0. The van der Waals surface area contributed by atoms with Crippen molar-refractivity contribution in [3.8, 4) is 0 Å². The molecule has 0 spiro atoms. The molecule has 0 bridgehead atoms. The molecule has 0 atom stereocenters. The summed E-state index contributed by atoms with van der Waals surface area (Å²) < 4.78 is 0. The highest BCUT2D eigenvalue weighted by Crippen LogP contribution is 2.31. The predicted molar refractivity (Wildman–Crippen MR) is 133 cm³/mol. The first-order chi connectivity index (χ1) is 17.9. The molecule has 0 aliphatic carbocycles. The highest BCUT2D eigenvalue weighted by Gasteiger charge is 2.24. The fourth-order valence-electron chi connectivity index (χ4n) is 3.02. The number of azo groups is 1. The fraction of sp³-hybridized carbons (Fsp3) is 0. The third-order valence-corrected chi connectivity index (χ3v) is 4.81. The molecular formula is C23H17N9O5. The molecular weight excluding hydrogens is 482 g/mol. The van der Waals surface area contributed by atoms with Gasteiger partial charge in [0.25, 0.3) is 11.6 Å². The zero-order valence-electron chi connectivity index (χ0n) is 18.8. The Bertz CT molecular complexity index is 1460. The monoisotopic (exact) mass is 499 g/mol. The molecule has 0 unspecified atom stereocenters. The summed E-state index contributed by atoms with van der Waals surface area (Å²) in [6.07, 6.45) is 1.08. The van der Waals surface area contributed by atoms with Crippen LogP contribution in [0.1, 0.15) is 10.4 Å². The molecule has 184 valence electrons. The number of nitrogens with one attached hydrogen (secondary N) is 3. The summed E-state index contributed by atoms with van der Waals surface area (Å²) in [4.78, 5) is 41.3. The van der Waals surface area contributed by atoms with Crippen molar-refractivity contribution in [1.29, 1.82) is 0 Å². The van der Waals surface area contributed by atoms with Gasteiger partial charge in [0.15, 0.2) is 0 Å². The SMILES string of the molecule is O=C(NNc1ncnc(Nc2ccc(N=Nc3ccccc3)cc2)c1[N+](=O)[O-])c1ccc([N+](=O)[O-])cc1. The molecule has 3 aromatic carbocycles. The van der Waals surface area contributed by atoms with Crippen LogP contribution in [0.3, 0.4) is 0 Å². The Kier molecular flexibility index (Phi) is 7.30. The number of amides is 1. The number of rotatable bonds is 9. The number of nitro benzene ring substituents is 1. The first kappa shape index (κ1) is 24.3. The lowest BCUT2D eigenvalue weighted by Crippen LogP contribution is -2.30. The molecule has 37 heavy (non-hydrogen) atoms. The fourth-order valence-corrected chi connectivity index (χ4v) is 3.02. The van der Waals surface area contributed by atoms with Crippen molar-refractivity contribution < 1.29 is 14.6 Å². The quantitative estimate of drug-likeness (QED) is 0.158. The van der Waals surface area contributed by atoms with Gasteiger partial charge in [-0.1, -0.05) is 18.2 Å². The number of hydrogen-bond acceptors (Lipinski definition) is 11. The van der Waals surface area contributed by atoms with E-state index in [1.165, 1.54) is 24.3 Å². The van der Waals surface area contributed by atoms with Crippen LogP contribution in [0, 0.1) is 20.2 Å². The van der Waals surface area contributed by atoms with E-state index in [0.29, 0.717) is 17.1 Å². The summed E-state index contributed by atoms with van der Waals surface area (Å²) >= 11 is 0. The van der Waals surface area contributed by atoms with Crippen molar-refractivity contribution in [2.75, 3.05) is 10.7 Å². The van der Waals surface area contributed by atoms with Crippen LogP contribution in [0.5, 0.6) is 0 Å². The number of aromatic nitrogens is 2. The maximum atomic E-state index is 12.3. The van der Waals surface area contributed by atoms with E-state index >= 15 is 0 Å². The van der Waals surface area contributed by atoms with Gasteiger partial charge in [-0.2, -0.15) is 10.2 Å². The molecule has 1 amide bonds. The summed E-state index contributed by atoms with van der Waals surface area (Å²) in [6.45, 7) is 0. The number of nitrogens with zero attached hydrogens (tertiary/aromatic N) is 6. The molecule has 0 aliphatic rings. The number of non-ortho nitro benzene ring substituents is 1. The molecule has 1 heterocycles. The van der Waals surface area contributed by atoms with Crippen LogP contribution < -0.4 is 16.2 Å². The minimum atomic E-state index is -0.703. The lowest BCUT2D eigenvalue weighted by atomic mass is 10.2. The molecule has 0 saturated carbocycles. The maximum absolute atomic E-state index is 12.3. The third-order valence-electron chi connectivity index (χ3n) is 4.81. The number of nitro groups is 2. The molecule has 0 saturated heterocycles. The van der Waals surface area contributed by atoms with E-state index < -0.39 is 21.4 Å². The van der Waals surface area contributed by atoms with Gasteiger partial charge in [-0.3, -0.25) is 35.9 Å². The second-order valence-corrected chi connectivity index (χ2v) is 7.27. The lowest BCUT2D eigenvalue weighted by Gasteiger charge is -2.11. The largest absolute Gasteiger partial charge is 0.355 e. The van der Waals surface area contributed by atoms with Crippen LogP contribution >= 0.6 is 0 Å². The molecule has 4 aromatic rings. The number of hydrogen-bond donors (Lipinski definition) is 3. The van der Waals surface area contributed by atoms with Crippen molar-refractivity contribution >= 4 is 46.0 Å². The molecule has 1 aromatic heterocycles. The zero-order chi connectivity index (χ0) is 26.2. The number of benzene rings is 3. The van der Waals surface area contributed by atoms with Crippen LogP contribution in [-0.2, 0) is 0 Å². The van der Waals surface area contributed by atoms with E-state index in [1.54, 1.807) is 24.3 Å². The molecule has 14 nitrogen and oxygen atoms in total. The maximum Gasteiger partial charge on any atom is 0.355 e. The van der Waals surface area contributed by atoms with Crippen molar-refractivity contribution in [3.63, 3.8) is 0 Å². The third kappa shape index (κ3) is 6.21. The van der Waals surface area contributed by atoms with Crippen LogP contribution in [0.4, 0.5) is 40.1 Å². The summed E-state index contributed by atoms with van der Waals surface area (Å²) in [5.41, 5.74) is 5.84. The first-order valence-corrected chi connectivity index (χ1v) is 10.5. The Morgan fingerprint density at radius 3 is 2.00 bits per heavy atom. The van der Waals surface area contributed by atoms with Crippen LogP contribution in [-0.4, -0.2) is 25.7 Å². The van der Waals surface area contributed by atoms with Gasteiger partial charge in [0.2, 0.25) is 11.6 Å². The second kappa shape index (κ2) is 11.1. The van der Waals surface area contributed by atoms with Gasteiger partial charge < -0.3 is 5.32 Å². The molecule has 0 aliphatic heterocycles. The van der Waals surface area contributed by atoms with E-state index in [1.807, 2.05) is 30.3 Å². The van der Waals surface area contributed by atoms with Crippen molar-refractivity contribution in [2.45, 2.75) is 0 Å². The molecule has 0 fully saturated rings. The van der Waals surface area contributed by atoms with Crippen LogP contribution in [0.2, 0.25) is 0 Å². The summed E-state index contributed by atoms with van der Waals surface area (Å²) in [5.74, 6) is -1.07. The molecule has 3 N–H and O–H groups in total. The summed E-state index contributed by atoms with van der Waals surface area (Å²) in [6, 6.07) is 20.7. The second-order valence-electron chi connectivity index (χ2n) is 7.27.